The van der Waals surface area contributed by atoms with Crippen LogP contribution in [-0.4, -0.2) is 20.8 Å². The van der Waals surface area contributed by atoms with E-state index in [1.165, 1.54) is 32.6 Å². The number of fused-ring (bicyclic) bond motifs is 10. The fraction of sp³-hybridized carbons (Fsp3) is 0.0175. The van der Waals surface area contributed by atoms with Crippen LogP contribution in [-0.2, 0) is 0 Å². The van der Waals surface area contributed by atoms with Crippen LogP contribution in [0.15, 0.2) is 227 Å². The summed E-state index contributed by atoms with van der Waals surface area (Å²) in [5.41, 5.74) is 13.9. The molecule has 3 aromatic heterocycles. The van der Waals surface area contributed by atoms with Crippen LogP contribution in [0.3, 0.4) is 0 Å². The molecule has 13 rings (SSSR count). The molecule has 0 aliphatic carbocycles. The summed E-state index contributed by atoms with van der Waals surface area (Å²) in [4.78, 5) is 10.2. The number of amidine groups is 2. The first-order valence-electron chi connectivity index (χ1n) is 21.4. The number of aliphatic imine (C=N–C) groups is 2. The van der Waals surface area contributed by atoms with Crippen LogP contribution in [0.25, 0.3) is 88.1 Å². The van der Waals surface area contributed by atoms with Crippen molar-refractivity contribution in [1.82, 2.24) is 14.5 Å². The Bertz CT molecular complexity index is 3800. The van der Waals surface area contributed by atoms with Crippen LogP contribution < -0.4 is 5.32 Å². The average molecular weight is 808 g/mol. The van der Waals surface area contributed by atoms with E-state index in [-0.39, 0.29) is 6.17 Å². The van der Waals surface area contributed by atoms with Crippen LogP contribution in [0, 0.1) is 0 Å². The van der Waals surface area contributed by atoms with Crippen LogP contribution in [0.2, 0.25) is 0 Å². The monoisotopic (exact) mass is 807 g/mol. The lowest BCUT2D eigenvalue weighted by Crippen LogP contribution is -2.33. The third-order valence-electron chi connectivity index (χ3n) is 12.6. The topological polar surface area (TPSA) is 59.8 Å². The largest absolute Gasteiger partial charge is 0.456 e. The molecule has 4 heterocycles. The molecule has 0 saturated heterocycles. The molecule has 1 atom stereocenters. The van der Waals surface area contributed by atoms with E-state index < -0.39 is 0 Å². The van der Waals surface area contributed by atoms with Gasteiger partial charge in [-0.1, -0.05) is 127 Å². The molecular weight excluding hydrogens is 771 g/mol. The minimum atomic E-state index is -0.268. The third kappa shape index (κ3) is 5.65. The van der Waals surface area contributed by atoms with Gasteiger partial charge >= 0.3 is 0 Å². The third-order valence-corrected chi connectivity index (χ3v) is 12.6. The van der Waals surface area contributed by atoms with Gasteiger partial charge in [-0.2, -0.15) is 0 Å². The summed E-state index contributed by atoms with van der Waals surface area (Å²) in [5.74, 6) is 1.49. The highest BCUT2D eigenvalue weighted by molar-refractivity contribution is 6.25. The number of furan rings is 1. The normalized spacial score (nSPS) is 14.2. The van der Waals surface area contributed by atoms with Gasteiger partial charge in [0.25, 0.3) is 0 Å². The van der Waals surface area contributed by atoms with Gasteiger partial charge < -0.3 is 18.9 Å². The predicted molar refractivity (Wildman–Crippen MR) is 260 cm³/mol. The van der Waals surface area contributed by atoms with Crippen LogP contribution in [0.4, 0.5) is 0 Å². The number of hydrogen-bond acceptors (Lipinski definition) is 4. The van der Waals surface area contributed by atoms with Gasteiger partial charge in [0, 0.05) is 49.4 Å². The summed E-state index contributed by atoms with van der Waals surface area (Å²) in [5, 5.41) is 10.6. The molecular formula is C57H37N5O. The maximum absolute atomic E-state index is 6.66. The zero-order chi connectivity index (χ0) is 41.4. The van der Waals surface area contributed by atoms with Gasteiger partial charge in [-0.3, -0.25) is 0 Å². The Hall–Kier alpha value is -8.48. The van der Waals surface area contributed by atoms with Crippen molar-refractivity contribution in [2.45, 2.75) is 6.17 Å². The molecule has 296 valence electrons. The number of nitrogens with one attached hydrogen (secondary N) is 1. The summed E-state index contributed by atoms with van der Waals surface area (Å²) in [7, 11) is 0. The number of para-hydroxylation sites is 3. The molecule has 63 heavy (non-hydrogen) atoms. The van der Waals surface area contributed by atoms with E-state index in [2.05, 4.69) is 190 Å². The van der Waals surface area contributed by atoms with Gasteiger partial charge in [0.2, 0.25) is 0 Å². The van der Waals surface area contributed by atoms with Gasteiger partial charge in [-0.15, -0.1) is 0 Å². The van der Waals surface area contributed by atoms with Crippen LogP contribution in [0.1, 0.15) is 22.9 Å². The Labute approximate surface area is 362 Å². The van der Waals surface area contributed by atoms with Crippen molar-refractivity contribution >= 4 is 77.2 Å². The van der Waals surface area contributed by atoms with Crippen molar-refractivity contribution in [3.8, 4) is 22.5 Å². The molecule has 0 radical (unpaired) electrons. The minimum Gasteiger partial charge on any atom is -0.456 e. The molecule has 0 bridgehead atoms. The second-order valence-electron chi connectivity index (χ2n) is 16.2. The molecule has 9 aromatic carbocycles. The molecule has 0 saturated carbocycles. The smallest absolute Gasteiger partial charge is 0.159 e. The molecule has 0 spiro atoms. The van der Waals surface area contributed by atoms with Crippen molar-refractivity contribution in [1.29, 1.82) is 0 Å². The van der Waals surface area contributed by atoms with E-state index in [1.54, 1.807) is 0 Å². The Morgan fingerprint density at radius 2 is 0.984 bits per heavy atom. The van der Waals surface area contributed by atoms with Crippen molar-refractivity contribution in [3.63, 3.8) is 0 Å². The quantitative estimate of drug-likeness (QED) is 0.182. The molecule has 1 aliphatic heterocycles. The van der Waals surface area contributed by atoms with E-state index in [9.17, 15) is 0 Å². The molecule has 1 aliphatic rings. The SMILES string of the molecule is c1ccc(C2=NC(c3ccc(-n4c5ccccc5c5ccc6oc7ccc(-c8ccc9c(c8)c8ccccc8n9-c8ccccc8)cc7c6c54)cc3)=NC(c3ccccc3)N2)cc1. The first kappa shape index (κ1) is 35.3. The second-order valence-corrected chi connectivity index (χ2v) is 16.2. The maximum Gasteiger partial charge on any atom is 0.159 e. The van der Waals surface area contributed by atoms with E-state index in [4.69, 9.17) is 14.4 Å². The second kappa shape index (κ2) is 14.0. The van der Waals surface area contributed by atoms with E-state index in [0.29, 0.717) is 5.84 Å². The van der Waals surface area contributed by atoms with Crippen molar-refractivity contribution in [2.24, 2.45) is 9.98 Å². The van der Waals surface area contributed by atoms with Crippen LogP contribution >= 0.6 is 0 Å². The predicted octanol–water partition coefficient (Wildman–Crippen LogP) is 13.9. The standard InChI is InChI=1S/C57H37N5O/c1-4-14-36(15-5-1)55-58-56(37-16-6-2-7-17-37)60-57(59-55)38-24-28-42(29-25-38)62-49-23-13-10-20-43(49)45-30-33-52-53(54(45)62)47-35-40(27-32-51(47)63-52)39-26-31-50-46(34-39)44-21-11-12-22-48(44)61(50)41-18-8-3-9-19-41/h1-35,55H,(H,58,59,60). The number of hydrogen-bond donors (Lipinski definition) is 1. The van der Waals surface area contributed by atoms with E-state index >= 15 is 0 Å². The number of aromatic nitrogens is 2. The minimum absolute atomic E-state index is 0.268. The van der Waals surface area contributed by atoms with Crippen LogP contribution in [0.5, 0.6) is 0 Å². The van der Waals surface area contributed by atoms with Gasteiger partial charge in [-0.05, 0) is 102 Å². The van der Waals surface area contributed by atoms with Crippen molar-refractivity contribution in [2.75, 3.05) is 0 Å². The summed E-state index contributed by atoms with van der Waals surface area (Å²) in [6.07, 6.45) is -0.268. The Morgan fingerprint density at radius 1 is 0.413 bits per heavy atom. The summed E-state index contributed by atoms with van der Waals surface area (Å²) in [6.45, 7) is 0. The van der Waals surface area contributed by atoms with Gasteiger partial charge in [0.05, 0.1) is 27.5 Å². The summed E-state index contributed by atoms with van der Waals surface area (Å²) in [6, 6.07) is 75.0. The Morgan fingerprint density at radius 3 is 1.75 bits per heavy atom. The molecule has 12 aromatic rings. The maximum atomic E-state index is 6.66. The Balaban J connectivity index is 0.962. The lowest BCUT2D eigenvalue weighted by atomic mass is 10.00. The van der Waals surface area contributed by atoms with Gasteiger partial charge in [-0.25, -0.2) is 9.98 Å². The Kier molecular flexibility index (Phi) is 7.87. The molecule has 6 heteroatoms. The highest BCUT2D eigenvalue weighted by atomic mass is 16.3. The zero-order valence-electron chi connectivity index (χ0n) is 34.0. The molecule has 0 amide bonds. The lowest BCUT2D eigenvalue weighted by Gasteiger charge is -2.23. The van der Waals surface area contributed by atoms with E-state index in [1.807, 2.05) is 36.4 Å². The van der Waals surface area contributed by atoms with E-state index in [0.717, 1.165) is 78.0 Å². The first-order valence-corrected chi connectivity index (χ1v) is 21.4. The lowest BCUT2D eigenvalue weighted by molar-refractivity contribution is 0.669. The highest BCUT2D eigenvalue weighted by Crippen LogP contribution is 2.43. The fourth-order valence-electron chi connectivity index (χ4n) is 9.66. The number of benzene rings is 9. The van der Waals surface area contributed by atoms with Crippen molar-refractivity contribution < 1.29 is 4.42 Å². The summed E-state index contributed by atoms with van der Waals surface area (Å²) < 4.78 is 11.4. The highest BCUT2D eigenvalue weighted by Gasteiger charge is 2.23. The molecule has 6 nitrogen and oxygen atoms in total. The molecule has 1 unspecified atom stereocenters. The van der Waals surface area contributed by atoms with Gasteiger partial charge in [0.15, 0.2) is 5.84 Å². The average Bonchev–Trinajstić information content (AvgIpc) is 4.02. The molecule has 0 fully saturated rings. The number of nitrogens with zero attached hydrogens (tertiary/aromatic N) is 4. The first-order chi connectivity index (χ1) is 31.2. The van der Waals surface area contributed by atoms with Crippen molar-refractivity contribution in [3.05, 3.63) is 229 Å². The summed E-state index contributed by atoms with van der Waals surface area (Å²) >= 11 is 0. The fourth-order valence-corrected chi connectivity index (χ4v) is 9.66. The molecule has 1 N–H and O–H groups in total. The van der Waals surface area contributed by atoms with Gasteiger partial charge in [0.1, 0.15) is 23.2 Å². The number of rotatable bonds is 6. The zero-order valence-corrected chi connectivity index (χ0v) is 34.0.